The maximum absolute atomic E-state index is 12.4. The Morgan fingerprint density at radius 3 is 2.38 bits per heavy atom. The second kappa shape index (κ2) is 10.2. The van der Waals surface area contributed by atoms with Crippen LogP contribution >= 0.6 is 23.2 Å². The highest BCUT2D eigenvalue weighted by Gasteiger charge is 2.15. The van der Waals surface area contributed by atoms with E-state index < -0.39 is 0 Å². The number of imidazole rings is 1. The topological polar surface area (TPSA) is 91.6 Å². The quantitative estimate of drug-likeness (QED) is 0.366. The first kappa shape index (κ1) is 23.6. The highest BCUT2D eigenvalue weighted by Crippen LogP contribution is 2.29. The molecule has 2 N–H and O–H groups in total. The highest BCUT2D eigenvalue weighted by atomic mass is 35.5. The number of nitrogens with two attached hydrogens (primary N) is 1. The standard InChI is InChI=1S/C21H16Cl2N4O.C4H6N2/c1-27-19(28)10-15(17-3-2-4-18(23)26-17)16-9-13(11-25-21(16)27)20(24)12-5-7-14(22)8-6-12;1-6-3-2-5-4-6/h2-11,20H,24H2,1H3;2-4H,1H3. The summed E-state index contributed by atoms with van der Waals surface area (Å²) < 4.78 is 3.39. The van der Waals surface area contributed by atoms with Crippen molar-refractivity contribution in [2.75, 3.05) is 0 Å². The third-order valence-corrected chi connectivity index (χ3v) is 5.77. The summed E-state index contributed by atoms with van der Waals surface area (Å²) in [5.41, 5.74) is 9.83. The van der Waals surface area contributed by atoms with Gasteiger partial charge in [0.15, 0.2) is 0 Å². The van der Waals surface area contributed by atoms with E-state index in [4.69, 9.17) is 28.9 Å². The molecule has 1 unspecified atom stereocenters. The molecule has 5 rings (SSSR count). The molecule has 0 aliphatic carbocycles. The van der Waals surface area contributed by atoms with E-state index in [0.717, 1.165) is 16.5 Å². The second-order valence-corrected chi connectivity index (χ2v) is 8.52. The van der Waals surface area contributed by atoms with Gasteiger partial charge in [-0.15, -0.1) is 0 Å². The Labute approximate surface area is 206 Å². The molecule has 0 radical (unpaired) electrons. The number of fused-ring (bicyclic) bond motifs is 1. The Bertz CT molecular complexity index is 1480. The molecular weight excluding hydrogens is 471 g/mol. The molecule has 5 aromatic rings. The lowest BCUT2D eigenvalue weighted by Crippen LogP contribution is -2.18. The first-order valence-corrected chi connectivity index (χ1v) is 11.1. The van der Waals surface area contributed by atoms with Gasteiger partial charge < -0.3 is 10.3 Å². The van der Waals surface area contributed by atoms with Gasteiger partial charge in [0.2, 0.25) is 0 Å². The molecule has 0 amide bonds. The SMILES string of the molecule is Cn1c(=O)cc(-c2cccc(Cl)n2)c2cc(C(N)c3ccc(Cl)cc3)cnc21.Cn1ccnc1. The summed E-state index contributed by atoms with van der Waals surface area (Å²) in [6, 6.07) is 15.8. The summed E-state index contributed by atoms with van der Waals surface area (Å²) in [5.74, 6) is 0. The largest absolute Gasteiger partial charge is 0.341 e. The van der Waals surface area contributed by atoms with Crippen LogP contribution in [0, 0.1) is 0 Å². The lowest BCUT2D eigenvalue weighted by atomic mass is 9.98. The molecule has 0 aliphatic rings. The summed E-state index contributed by atoms with van der Waals surface area (Å²) in [6.45, 7) is 0. The smallest absolute Gasteiger partial charge is 0.252 e. The monoisotopic (exact) mass is 492 g/mol. The number of rotatable bonds is 3. The predicted molar refractivity (Wildman–Crippen MR) is 136 cm³/mol. The van der Waals surface area contributed by atoms with Crippen LogP contribution < -0.4 is 11.3 Å². The Morgan fingerprint density at radius 2 is 1.76 bits per heavy atom. The first-order valence-electron chi connectivity index (χ1n) is 10.4. The number of hydrogen-bond acceptors (Lipinski definition) is 5. The number of hydrogen-bond donors (Lipinski definition) is 1. The summed E-state index contributed by atoms with van der Waals surface area (Å²) in [6.07, 6.45) is 7.08. The van der Waals surface area contributed by atoms with E-state index in [1.165, 1.54) is 4.57 Å². The fourth-order valence-electron chi connectivity index (χ4n) is 3.47. The van der Waals surface area contributed by atoms with E-state index in [9.17, 15) is 4.79 Å². The van der Waals surface area contributed by atoms with Gasteiger partial charge >= 0.3 is 0 Å². The Kier molecular flexibility index (Phi) is 7.07. The second-order valence-electron chi connectivity index (χ2n) is 7.70. The molecular formula is C25H22Cl2N6O. The number of aryl methyl sites for hydroxylation is 2. The molecule has 0 fully saturated rings. The van der Waals surface area contributed by atoms with Gasteiger partial charge in [-0.3, -0.25) is 9.36 Å². The van der Waals surface area contributed by atoms with E-state index in [0.29, 0.717) is 27.1 Å². The number of aromatic nitrogens is 5. The van der Waals surface area contributed by atoms with Crippen LogP contribution in [-0.2, 0) is 14.1 Å². The average molecular weight is 493 g/mol. The lowest BCUT2D eigenvalue weighted by molar-refractivity contribution is 0.854. The van der Waals surface area contributed by atoms with E-state index in [-0.39, 0.29) is 11.6 Å². The van der Waals surface area contributed by atoms with E-state index in [1.807, 2.05) is 42.1 Å². The van der Waals surface area contributed by atoms with Crippen LogP contribution in [0.1, 0.15) is 17.2 Å². The molecule has 172 valence electrons. The zero-order valence-electron chi connectivity index (χ0n) is 18.6. The Morgan fingerprint density at radius 1 is 1.00 bits per heavy atom. The van der Waals surface area contributed by atoms with Gasteiger partial charge in [0, 0.05) is 54.7 Å². The minimum absolute atomic E-state index is 0.175. The van der Waals surface area contributed by atoms with E-state index in [1.54, 1.807) is 56.1 Å². The lowest BCUT2D eigenvalue weighted by Gasteiger charge is -2.15. The molecule has 0 aliphatic heterocycles. The summed E-state index contributed by atoms with van der Waals surface area (Å²) in [4.78, 5) is 25.1. The molecule has 0 saturated carbocycles. The molecule has 0 spiro atoms. The van der Waals surface area contributed by atoms with Gasteiger partial charge in [-0.2, -0.15) is 0 Å². The third-order valence-electron chi connectivity index (χ3n) is 5.31. The van der Waals surface area contributed by atoms with Gasteiger partial charge in [-0.1, -0.05) is 41.4 Å². The number of halogens is 2. The zero-order valence-corrected chi connectivity index (χ0v) is 20.1. The molecule has 4 heterocycles. The molecule has 0 bridgehead atoms. The molecule has 34 heavy (non-hydrogen) atoms. The van der Waals surface area contributed by atoms with Gasteiger partial charge in [0.1, 0.15) is 10.8 Å². The van der Waals surface area contributed by atoms with Crippen molar-refractivity contribution in [3.63, 3.8) is 0 Å². The number of pyridine rings is 3. The molecule has 1 aromatic carbocycles. The van der Waals surface area contributed by atoms with Crippen molar-refractivity contribution in [2.45, 2.75) is 6.04 Å². The van der Waals surface area contributed by atoms with Crippen molar-refractivity contribution in [2.24, 2.45) is 19.8 Å². The molecule has 4 aromatic heterocycles. The van der Waals surface area contributed by atoms with Crippen molar-refractivity contribution >= 4 is 34.2 Å². The normalized spacial score (nSPS) is 11.7. The fraction of sp³-hybridized carbons (Fsp3) is 0.120. The van der Waals surface area contributed by atoms with Gasteiger partial charge in [-0.05, 0) is 41.5 Å². The predicted octanol–water partition coefficient (Wildman–Crippen LogP) is 4.77. The maximum atomic E-state index is 12.4. The van der Waals surface area contributed by atoms with Crippen molar-refractivity contribution in [3.8, 4) is 11.3 Å². The minimum atomic E-state index is -0.383. The van der Waals surface area contributed by atoms with Crippen LogP contribution in [0.25, 0.3) is 22.3 Å². The van der Waals surface area contributed by atoms with Gasteiger partial charge in [0.05, 0.1) is 18.1 Å². The number of nitrogens with zero attached hydrogens (tertiary/aromatic N) is 5. The zero-order chi connectivity index (χ0) is 24.2. The van der Waals surface area contributed by atoms with Crippen LogP contribution in [0.4, 0.5) is 0 Å². The fourth-order valence-corrected chi connectivity index (χ4v) is 3.76. The summed E-state index contributed by atoms with van der Waals surface area (Å²) in [7, 11) is 3.62. The molecule has 9 heteroatoms. The summed E-state index contributed by atoms with van der Waals surface area (Å²) in [5, 5.41) is 1.78. The average Bonchev–Trinajstić information content (AvgIpc) is 3.32. The Hall–Kier alpha value is -3.52. The molecule has 1 atom stereocenters. The number of benzene rings is 1. The Balaban J connectivity index is 0.000000398. The van der Waals surface area contributed by atoms with Crippen molar-refractivity contribution < 1.29 is 0 Å². The van der Waals surface area contributed by atoms with Crippen molar-refractivity contribution in [3.05, 3.63) is 111 Å². The third kappa shape index (κ3) is 5.17. The van der Waals surface area contributed by atoms with Crippen LogP contribution in [-0.4, -0.2) is 24.1 Å². The molecule has 7 nitrogen and oxygen atoms in total. The van der Waals surface area contributed by atoms with E-state index >= 15 is 0 Å². The van der Waals surface area contributed by atoms with Crippen LogP contribution in [0.5, 0.6) is 0 Å². The summed E-state index contributed by atoms with van der Waals surface area (Å²) >= 11 is 12.0. The van der Waals surface area contributed by atoms with Gasteiger partial charge in [0.25, 0.3) is 5.56 Å². The van der Waals surface area contributed by atoms with Crippen molar-refractivity contribution in [1.82, 2.24) is 24.1 Å². The van der Waals surface area contributed by atoms with Gasteiger partial charge in [-0.25, -0.2) is 15.0 Å². The first-order chi connectivity index (χ1) is 16.3. The highest BCUT2D eigenvalue weighted by molar-refractivity contribution is 6.30. The minimum Gasteiger partial charge on any atom is -0.341 e. The maximum Gasteiger partial charge on any atom is 0.252 e. The van der Waals surface area contributed by atoms with E-state index in [2.05, 4.69) is 15.0 Å². The van der Waals surface area contributed by atoms with Crippen LogP contribution in [0.2, 0.25) is 10.2 Å². The van der Waals surface area contributed by atoms with Crippen LogP contribution in [0.15, 0.2) is 84.3 Å². The molecule has 0 saturated heterocycles. The van der Waals surface area contributed by atoms with Crippen molar-refractivity contribution in [1.29, 1.82) is 0 Å². The van der Waals surface area contributed by atoms with Crippen LogP contribution in [0.3, 0.4) is 0 Å².